The third-order valence-electron chi connectivity index (χ3n) is 12.4. The Balaban J connectivity index is 1.17. The van der Waals surface area contributed by atoms with Gasteiger partial charge in [0.1, 0.15) is 0 Å². The van der Waals surface area contributed by atoms with Crippen molar-refractivity contribution in [3.05, 3.63) is 138 Å². The number of hydrogen-bond acceptors (Lipinski definition) is 2. The molecule has 2 unspecified atom stereocenters. The fourth-order valence-electron chi connectivity index (χ4n) is 9.31. The quantitative estimate of drug-likeness (QED) is 0.233. The molecule has 0 amide bonds. The smallest absolute Gasteiger partial charge is 0.0618 e. The fourth-order valence-corrected chi connectivity index (χ4v) is 12.3. The van der Waals surface area contributed by atoms with E-state index < -0.39 is 0 Å². The Labute approximate surface area is 307 Å². The summed E-state index contributed by atoms with van der Waals surface area (Å²) in [4.78, 5) is 2.78. The summed E-state index contributed by atoms with van der Waals surface area (Å²) >= 11 is 4.17. The lowest BCUT2D eigenvalue weighted by molar-refractivity contribution is 0.376. The number of thioether (sulfide) groups is 2. The van der Waals surface area contributed by atoms with Crippen molar-refractivity contribution < 1.29 is 0 Å². The predicted molar refractivity (Wildman–Crippen MR) is 221 cm³/mol. The second-order valence-electron chi connectivity index (χ2n) is 17.1. The molecule has 4 aliphatic carbocycles. The molecule has 0 radical (unpaired) electrons. The Morgan fingerprint density at radius 3 is 1.37 bits per heavy atom. The van der Waals surface area contributed by atoms with Crippen LogP contribution in [0.5, 0.6) is 0 Å². The second-order valence-corrected chi connectivity index (χ2v) is 20.1. The molecule has 0 spiro atoms. The zero-order valence-corrected chi connectivity index (χ0v) is 33.7. The second kappa shape index (κ2) is 14.0. The van der Waals surface area contributed by atoms with Crippen molar-refractivity contribution in [3.8, 4) is 0 Å². The molecule has 1 saturated carbocycles. The number of hydrogen-bond donors (Lipinski definition) is 0. The summed E-state index contributed by atoms with van der Waals surface area (Å²) in [5, 5.41) is 0. The summed E-state index contributed by atoms with van der Waals surface area (Å²) in [5.41, 5.74) is 15.8. The Kier molecular flexibility index (Phi) is 10.4. The van der Waals surface area contributed by atoms with E-state index in [2.05, 4.69) is 166 Å². The number of allylic oxidation sites excluding steroid dienone is 20. The molecule has 260 valence electrons. The lowest BCUT2D eigenvalue weighted by Gasteiger charge is -2.47. The lowest BCUT2D eigenvalue weighted by Crippen LogP contribution is -2.47. The van der Waals surface area contributed by atoms with Gasteiger partial charge in [-0.3, -0.25) is 0 Å². The summed E-state index contributed by atoms with van der Waals surface area (Å²) < 4.78 is 0.0358. The standard InChI is InChI=1S/C47H60S2/c1-32(24-26-40-34(3)18-14-28-44(40,5)6)16-11-20-36-30-42-38-22-13-23-39(38)43-31-37(49-47(43,10)46(42,9)48-36)21-12-17-33(2)25-27-41-35(4)19-15-29-45(41,7)8/h11-12,16-17,20-21,24-27,30-31H,13-15,18-19,22-23,28-29H2,1-10H3/b20-11-,21-12+,26-24+,27-25+,32-16+,33-17+. The van der Waals surface area contributed by atoms with E-state index in [9.17, 15) is 0 Å². The average molecular weight is 689 g/mol. The van der Waals surface area contributed by atoms with Crippen LogP contribution in [0.15, 0.2) is 138 Å². The maximum atomic E-state index is 2.53. The van der Waals surface area contributed by atoms with Crippen molar-refractivity contribution in [2.45, 2.75) is 137 Å². The van der Waals surface area contributed by atoms with E-state index in [1.807, 2.05) is 0 Å². The van der Waals surface area contributed by atoms with Gasteiger partial charge in [0.25, 0.3) is 0 Å². The molecule has 2 aliphatic heterocycles. The van der Waals surface area contributed by atoms with Gasteiger partial charge in [-0.1, -0.05) is 98.6 Å². The molecule has 0 bridgehead atoms. The topological polar surface area (TPSA) is 0 Å². The minimum absolute atomic E-state index is 0.0179. The lowest BCUT2D eigenvalue weighted by atomic mass is 9.72. The van der Waals surface area contributed by atoms with E-state index in [-0.39, 0.29) is 20.3 Å². The molecule has 0 aromatic carbocycles. The summed E-state index contributed by atoms with van der Waals surface area (Å²) in [5.74, 6) is 0. The van der Waals surface area contributed by atoms with Crippen LogP contribution in [0.2, 0.25) is 0 Å². The highest BCUT2D eigenvalue weighted by Gasteiger charge is 2.58. The van der Waals surface area contributed by atoms with Crippen molar-refractivity contribution in [1.82, 2.24) is 0 Å². The molecule has 0 nitrogen and oxygen atoms in total. The zero-order chi connectivity index (χ0) is 35.2. The van der Waals surface area contributed by atoms with Crippen molar-refractivity contribution in [3.63, 3.8) is 0 Å². The Hall–Kier alpha value is -2.42. The van der Waals surface area contributed by atoms with E-state index in [1.165, 1.54) is 89.9 Å². The minimum atomic E-state index is 0.0179. The molecule has 0 aromatic rings. The highest BCUT2D eigenvalue weighted by Crippen LogP contribution is 2.68. The van der Waals surface area contributed by atoms with Gasteiger partial charge in [-0.05, 0) is 168 Å². The first-order valence-corrected chi connectivity index (χ1v) is 20.5. The molecule has 2 heteroatoms. The first-order chi connectivity index (χ1) is 23.1. The molecule has 49 heavy (non-hydrogen) atoms. The Bertz CT molecular complexity index is 1640. The van der Waals surface area contributed by atoms with Crippen molar-refractivity contribution in [2.24, 2.45) is 10.8 Å². The number of rotatable bonds is 8. The van der Waals surface area contributed by atoms with Crippen LogP contribution in [0.1, 0.15) is 127 Å². The molecule has 0 N–H and O–H groups in total. The van der Waals surface area contributed by atoms with E-state index in [1.54, 1.807) is 33.4 Å². The molecule has 0 saturated heterocycles. The molecule has 2 atom stereocenters. The van der Waals surface area contributed by atoms with Gasteiger partial charge in [-0.2, -0.15) is 0 Å². The van der Waals surface area contributed by atoms with Crippen LogP contribution in [0, 0.1) is 10.8 Å². The normalized spacial score (nSPS) is 30.5. The number of fused-ring (bicyclic) bond motifs is 4. The predicted octanol–water partition coefficient (Wildman–Crippen LogP) is 14.7. The van der Waals surface area contributed by atoms with Crippen molar-refractivity contribution in [2.75, 3.05) is 0 Å². The van der Waals surface area contributed by atoms with Crippen LogP contribution in [-0.2, 0) is 0 Å². The van der Waals surface area contributed by atoms with Crippen molar-refractivity contribution in [1.29, 1.82) is 0 Å². The van der Waals surface area contributed by atoms with E-state index >= 15 is 0 Å². The van der Waals surface area contributed by atoms with Crippen LogP contribution in [-0.4, -0.2) is 9.49 Å². The third-order valence-corrected chi connectivity index (χ3v) is 15.6. The van der Waals surface area contributed by atoms with Gasteiger partial charge in [-0.25, -0.2) is 0 Å². The van der Waals surface area contributed by atoms with Gasteiger partial charge in [0.05, 0.1) is 9.49 Å². The van der Waals surface area contributed by atoms with Crippen molar-refractivity contribution >= 4 is 23.5 Å². The Morgan fingerprint density at radius 1 is 0.571 bits per heavy atom. The average Bonchev–Trinajstić information content (AvgIpc) is 3.72. The van der Waals surface area contributed by atoms with Gasteiger partial charge in [0.2, 0.25) is 0 Å². The first-order valence-electron chi connectivity index (χ1n) is 18.9. The van der Waals surface area contributed by atoms with Gasteiger partial charge >= 0.3 is 0 Å². The first kappa shape index (κ1) is 36.4. The summed E-state index contributed by atoms with van der Waals surface area (Å²) in [6.07, 6.45) is 39.7. The SMILES string of the molecule is CC1=C(/C=C/C(C)=C/C=C\C2=CC3=C4CCCC4=C4C=C(/C=C/C=C(C)/C=C/C5=C(C)CCCC5(C)C)SC4(C)C3(C)S2)C(C)(C)CCC1. The maximum Gasteiger partial charge on any atom is 0.0618 e. The molecule has 6 aliphatic rings. The van der Waals surface area contributed by atoms with E-state index in [4.69, 9.17) is 0 Å². The monoisotopic (exact) mass is 688 g/mol. The Morgan fingerprint density at radius 2 is 0.980 bits per heavy atom. The molecule has 6 rings (SSSR count). The molecule has 1 fully saturated rings. The minimum Gasteiger partial charge on any atom is -0.113 e. The zero-order valence-electron chi connectivity index (χ0n) is 32.1. The van der Waals surface area contributed by atoms with Crippen LogP contribution < -0.4 is 0 Å². The summed E-state index contributed by atoms with van der Waals surface area (Å²) in [6.45, 7) is 23.7. The van der Waals surface area contributed by atoms with Gasteiger partial charge < -0.3 is 0 Å². The maximum absolute atomic E-state index is 2.53. The van der Waals surface area contributed by atoms with Gasteiger partial charge in [0.15, 0.2) is 0 Å². The summed E-state index contributed by atoms with van der Waals surface area (Å²) in [7, 11) is 0. The van der Waals surface area contributed by atoms with Crippen LogP contribution in [0.3, 0.4) is 0 Å². The molecule has 0 aromatic heterocycles. The van der Waals surface area contributed by atoms with Gasteiger partial charge in [0, 0.05) is 9.81 Å². The van der Waals surface area contributed by atoms with Crippen LogP contribution in [0.4, 0.5) is 0 Å². The molecular formula is C47H60S2. The van der Waals surface area contributed by atoms with Gasteiger partial charge in [-0.15, -0.1) is 23.5 Å². The summed E-state index contributed by atoms with van der Waals surface area (Å²) in [6, 6.07) is 0. The highest BCUT2D eigenvalue weighted by molar-refractivity contribution is 8.09. The third kappa shape index (κ3) is 7.08. The molecule has 2 heterocycles. The van der Waals surface area contributed by atoms with Crippen LogP contribution in [0.25, 0.3) is 0 Å². The highest BCUT2D eigenvalue weighted by atomic mass is 32.2. The van der Waals surface area contributed by atoms with Crippen LogP contribution >= 0.6 is 23.5 Å². The van der Waals surface area contributed by atoms with E-state index in [0.717, 1.165) is 0 Å². The fraction of sp³-hybridized carbons (Fsp3) is 0.489. The largest absolute Gasteiger partial charge is 0.113 e. The molecular weight excluding hydrogens is 629 g/mol. The van der Waals surface area contributed by atoms with E-state index in [0.29, 0.717) is 0 Å².